The second-order valence-corrected chi connectivity index (χ2v) is 8.72. The number of benzene rings is 2. The van der Waals surface area contributed by atoms with E-state index in [0.717, 1.165) is 29.9 Å². The Balaban J connectivity index is 1.43. The Morgan fingerprint density at radius 1 is 1.03 bits per heavy atom. The molecular formula is C28H28N6O4. The fraction of sp³-hybridized carbons (Fsp3) is 0.250. The van der Waals surface area contributed by atoms with Crippen LogP contribution in [0, 0.1) is 6.92 Å². The number of amides is 1. The zero-order valence-electron chi connectivity index (χ0n) is 21.5. The van der Waals surface area contributed by atoms with Crippen LogP contribution in [0.2, 0.25) is 0 Å². The molecule has 1 aliphatic rings. The molecule has 1 amide bonds. The van der Waals surface area contributed by atoms with Crippen molar-refractivity contribution in [2.24, 2.45) is 0 Å². The summed E-state index contributed by atoms with van der Waals surface area (Å²) in [4.78, 5) is 32.9. The van der Waals surface area contributed by atoms with Crippen LogP contribution in [0.15, 0.2) is 61.1 Å². The van der Waals surface area contributed by atoms with Gasteiger partial charge in [-0.25, -0.2) is 4.98 Å². The molecule has 0 bridgehead atoms. The van der Waals surface area contributed by atoms with Gasteiger partial charge in [0.15, 0.2) is 0 Å². The maximum Gasteiger partial charge on any atom is 0.258 e. The second kappa shape index (κ2) is 11.1. The molecule has 0 saturated heterocycles. The van der Waals surface area contributed by atoms with Gasteiger partial charge in [0, 0.05) is 30.2 Å². The molecule has 1 aliphatic heterocycles. The number of para-hydroxylation sites is 1. The van der Waals surface area contributed by atoms with Crippen LogP contribution in [0.25, 0.3) is 0 Å². The highest BCUT2D eigenvalue weighted by Gasteiger charge is 2.25. The number of ether oxygens (including phenoxy) is 3. The lowest BCUT2D eigenvalue weighted by atomic mass is 10.2. The molecule has 2 aromatic heterocycles. The predicted octanol–water partition coefficient (Wildman–Crippen LogP) is 3.80. The molecule has 0 aliphatic carbocycles. The van der Waals surface area contributed by atoms with Crippen LogP contribution in [-0.4, -0.2) is 46.6 Å². The fourth-order valence-corrected chi connectivity index (χ4v) is 4.22. The number of nitrogens with one attached hydrogen (secondary N) is 1. The standard InChI is InChI=1S/C28H28N6O4/c1-18-13-30-21(14-29-18)15-31-26(35)23-16-32-28(34-11-10-19-6-4-5-7-24(19)34)33-27(23)38-17-20-12-22(36-2)8-9-25(20)37-3/h4-9,12-14,16H,10-11,15,17H2,1-3H3,(H,31,35). The van der Waals surface area contributed by atoms with E-state index in [2.05, 4.69) is 31.3 Å². The van der Waals surface area contributed by atoms with E-state index < -0.39 is 0 Å². The normalized spacial score (nSPS) is 12.1. The Bertz CT molecular complexity index is 1440. The minimum Gasteiger partial charge on any atom is -0.497 e. The van der Waals surface area contributed by atoms with E-state index in [1.807, 2.05) is 42.2 Å². The number of fused-ring (bicyclic) bond motifs is 1. The highest BCUT2D eigenvalue weighted by molar-refractivity contribution is 5.96. The first kappa shape index (κ1) is 24.9. The minimum absolute atomic E-state index is 0.108. The summed E-state index contributed by atoms with van der Waals surface area (Å²) in [6.07, 6.45) is 5.67. The second-order valence-electron chi connectivity index (χ2n) is 8.72. The number of aryl methyl sites for hydroxylation is 1. The van der Waals surface area contributed by atoms with Crippen molar-refractivity contribution in [1.29, 1.82) is 0 Å². The molecule has 0 spiro atoms. The average molecular weight is 513 g/mol. The van der Waals surface area contributed by atoms with Crippen LogP contribution in [0.3, 0.4) is 0 Å². The van der Waals surface area contributed by atoms with E-state index in [0.29, 0.717) is 23.1 Å². The summed E-state index contributed by atoms with van der Waals surface area (Å²) in [6.45, 7) is 2.90. The summed E-state index contributed by atoms with van der Waals surface area (Å²) in [6, 6.07) is 13.6. The molecule has 1 N–H and O–H groups in total. The predicted molar refractivity (Wildman–Crippen MR) is 141 cm³/mol. The number of aromatic nitrogens is 4. The van der Waals surface area contributed by atoms with Crippen molar-refractivity contribution >= 4 is 17.5 Å². The number of anilines is 2. The summed E-state index contributed by atoms with van der Waals surface area (Å²) < 4.78 is 17.0. The molecular weight excluding hydrogens is 484 g/mol. The quantitative estimate of drug-likeness (QED) is 0.358. The van der Waals surface area contributed by atoms with Crippen LogP contribution in [0.1, 0.15) is 32.9 Å². The average Bonchev–Trinajstić information content (AvgIpc) is 3.39. The number of hydrogen-bond donors (Lipinski definition) is 1. The van der Waals surface area contributed by atoms with Gasteiger partial charge in [0.1, 0.15) is 23.7 Å². The lowest BCUT2D eigenvalue weighted by molar-refractivity contribution is 0.0944. The van der Waals surface area contributed by atoms with E-state index in [1.54, 1.807) is 32.7 Å². The molecule has 2 aromatic carbocycles. The van der Waals surface area contributed by atoms with Gasteiger partial charge in [-0.3, -0.25) is 14.8 Å². The molecule has 5 rings (SSSR count). The van der Waals surface area contributed by atoms with Crippen LogP contribution in [0.4, 0.5) is 11.6 Å². The lowest BCUT2D eigenvalue weighted by Gasteiger charge is -2.19. The van der Waals surface area contributed by atoms with Crippen LogP contribution in [-0.2, 0) is 19.6 Å². The van der Waals surface area contributed by atoms with Gasteiger partial charge >= 0.3 is 0 Å². The Hall–Kier alpha value is -4.73. The molecule has 38 heavy (non-hydrogen) atoms. The van der Waals surface area contributed by atoms with Crippen molar-refractivity contribution in [2.75, 3.05) is 25.7 Å². The van der Waals surface area contributed by atoms with E-state index in [9.17, 15) is 4.79 Å². The van der Waals surface area contributed by atoms with E-state index >= 15 is 0 Å². The van der Waals surface area contributed by atoms with Gasteiger partial charge < -0.3 is 24.4 Å². The molecule has 0 radical (unpaired) electrons. The molecule has 0 saturated carbocycles. The summed E-state index contributed by atoms with van der Waals surface area (Å²) >= 11 is 0. The van der Waals surface area contributed by atoms with Crippen molar-refractivity contribution in [3.8, 4) is 17.4 Å². The first-order valence-electron chi connectivity index (χ1n) is 12.2. The van der Waals surface area contributed by atoms with Crippen LogP contribution < -0.4 is 24.4 Å². The van der Waals surface area contributed by atoms with Gasteiger partial charge in [0.25, 0.3) is 5.91 Å². The number of hydrogen-bond acceptors (Lipinski definition) is 9. The number of carbonyl (C=O) groups is 1. The third-order valence-corrected chi connectivity index (χ3v) is 6.23. The van der Waals surface area contributed by atoms with Crippen molar-refractivity contribution in [1.82, 2.24) is 25.3 Å². The Labute approximate surface area is 220 Å². The largest absolute Gasteiger partial charge is 0.497 e. The zero-order valence-corrected chi connectivity index (χ0v) is 21.5. The number of rotatable bonds is 9. The number of methoxy groups -OCH3 is 2. The topological polar surface area (TPSA) is 112 Å². The van der Waals surface area contributed by atoms with E-state index in [-0.39, 0.29) is 30.5 Å². The van der Waals surface area contributed by atoms with Crippen molar-refractivity contribution in [3.63, 3.8) is 0 Å². The van der Waals surface area contributed by atoms with Crippen LogP contribution in [0.5, 0.6) is 17.4 Å². The molecule has 0 fully saturated rings. The van der Waals surface area contributed by atoms with Gasteiger partial charge in [-0.1, -0.05) is 18.2 Å². The first-order chi connectivity index (χ1) is 18.6. The van der Waals surface area contributed by atoms with Gasteiger partial charge in [-0.2, -0.15) is 4.98 Å². The number of carbonyl (C=O) groups excluding carboxylic acids is 1. The third-order valence-electron chi connectivity index (χ3n) is 6.23. The molecule has 0 unspecified atom stereocenters. The first-order valence-corrected chi connectivity index (χ1v) is 12.2. The third kappa shape index (κ3) is 5.34. The van der Waals surface area contributed by atoms with Gasteiger partial charge in [0.2, 0.25) is 11.8 Å². The highest BCUT2D eigenvalue weighted by Crippen LogP contribution is 2.34. The molecule has 4 aromatic rings. The van der Waals surface area contributed by atoms with Crippen molar-refractivity contribution in [2.45, 2.75) is 26.5 Å². The summed E-state index contributed by atoms with van der Waals surface area (Å²) in [5, 5.41) is 2.86. The maximum atomic E-state index is 13.2. The Kier molecular flexibility index (Phi) is 7.30. The molecule has 194 valence electrons. The van der Waals surface area contributed by atoms with Gasteiger partial charge in [0.05, 0.1) is 38.3 Å². The SMILES string of the molecule is COc1ccc(OC)c(COc2nc(N3CCc4ccccc43)ncc2C(=O)NCc2cnc(C)cn2)c1. The molecule has 10 nitrogen and oxygen atoms in total. The Morgan fingerprint density at radius 3 is 2.68 bits per heavy atom. The molecule has 3 heterocycles. The minimum atomic E-state index is -0.381. The number of nitrogens with zero attached hydrogens (tertiary/aromatic N) is 5. The van der Waals surface area contributed by atoms with Crippen molar-refractivity contribution < 1.29 is 19.0 Å². The van der Waals surface area contributed by atoms with E-state index in [4.69, 9.17) is 14.2 Å². The summed E-state index contributed by atoms with van der Waals surface area (Å²) in [5.41, 5.74) is 4.67. The summed E-state index contributed by atoms with van der Waals surface area (Å²) in [5.74, 6) is 1.55. The molecule has 0 atom stereocenters. The van der Waals surface area contributed by atoms with Gasteiger partial charge in [-0.15, -0.1) is 0 Å². The smallest absolute Gasteiger partial charge is 0.258 e. The van der Waals surface area contributed by atoms with E-state index in [1.165, 1.54) is 11.8 Å². The highest BCUT2D eigenvalue weighted by atomic mass is 16.5. The maximum absolute atomic E-state index is 13.2. The zero-order chi connectivity index (χ0) is 26.5. The van der Waals surface area contributed by atoms with Gasteiger partial charge in [-0.05, 0) is 43.2 Å². The van der Waals surface area contributed by atoms with Crippen LogP contribution >= 0.6 is 0 Å². The Morgan fingerprint density at radius 2 is 1.89 bits per heavy atom. The fourth-order valence-electron chi connectivity index (χ4n) is 4.22. The summed E-state index contributed by atoms with van der Waals surface area (Å²) in [7, 11) is 3.18. The van der Waals surface area contributed by atoms with Crippen molar-refractivity contribution in [3.05, 3.63) is 89.1 Å². The lowest BCUT2D eigenvalue weighted by Crippen LogP contribution is -2.25. The molecule has 10 heteroatoms. The monoisotopic (exact) mass is 512 g/mol.